The maximum Gasteiger partial charge on any atom is 0.511 e. The van der Waals surface area contributed by atoms with Crippen molar-refractivity contribution >= 4 is 36.1 Å². The molecule has 16 nitrogen and oxygen atoms in total. The molecule has 0 aliphatic carbocycles. The van der Waals surface area contributed by atoms with Gasteiger partial charge in [0.05, 0.1) is 26.4 Å². The van der Waals surface area contributed by atoms with Crippen LogP contribution in [0, 0.1) is 0 Å². The van der Waals surface area contributed by atoms with Crippen molar-refractivity contribution in [2.24, 2.45) is 0 Å². The molecule has 0 bridgehead atoms. The van der Waals surface area contributed by atoms with Crippen molar-refractivity contribution in [2.45, 2.75) is 101 Å². The standard InChI is InChI=1S/C30H44N2O14/c33-25(31-13-3-5-23(31)27(35)41-19-43-29(37)45-21-9-15-39-16-10-21)7-1-2-8-26(34)32-14-4-6-24(32)28(36)42-20-44-30(38)46-22-11-17-40-18-12-22/h21-24H,1-20H2/t23-,24-/m1/s1. The normalized spacial score (nSPS) is 22.2. The number of rotatable bonds is 13. The second-order valence-corrected chi connectivity index (χ2v) is 11.5. The fourth-order valence-corrected chi connectivity index (χ4v) is 5.85. The van der Waals surface area contributed by atoms with Crippen molar-refractivity contribution in [2.75, 3.05) is 53.1 Å². The van der Waals surface area contributed by atoms with Gasteiger partial charge < -0.3 is 47.7 Å². The van der Waals surface area contributed by atoms with Gasteiger partial charge in [0.25, 0.3) is 0 Å². The van der Waals surface area contributed by atoms with Crippen molar-refractivity contribution < 1.29 is 66.7 Å². The molecule has 0 unspecified atom stereocenters. The summed E-state index contributed by atoms with van der Waals surface area (Å²) >= 11 is 0. The molecule has 258 valence electrons. The largest absolute Gasteiger partial charge is 0.511 e. The zero-order chi connectivity index (χ0) is 32.7. The topological polar surface area (TPSA) is 183 Å². The number of hydrogen-bond donors (Lipinski definition) is 0. The maximum absolute atomic E-state index is 12.9. The monoisotopic (exact) mass is 656 g/mol. The lowest BCUT2D eigenvalue weighted by atomic mass is 10.1. The SMILES string of the molecule is O=C(OCOC(=O)[C@H]1CCCN1C(=O)CCCCC(=O)N1CCC[C@@H]1C(=O)OCOC(=O)OC1CCOCC1)OC1CCOCC1. The lowest BCUT2D eigenvalue weighted by molar-refractivity contribution is -0.163. The van der Waals surface area contributed by atoms with Gasteiger partial charge in [-0.3, -0.25) is 9.59 Å². The van der Waals surface area contributed by atoms with E-state index in [2.05, 4.69) is 0 Å². The van der Waals surface area contributed by atoms with Crippen LogP contribution in [0.25, 0.3) is 0 Å². The summed E-state index contributed by atoms with van der Waals surface area (Å²) in [5.41, 5.74) is 0. The maximum atomic E-state index is 12.9. The third-order valence-corrected chi connectivity index (χ3v) is 8.34. The summed E-state index contributed by atoms with van der Waals surface area (Å²) in [6.45, 7) is 1.59. The van der Waals surface area contributed by atoms with E-state index >= 15 is 0 Å². The smallest absolute Gasteiger partial charge is 0.431 e. The Bertz CT molecular complexity index is 976. The highest BCUT2D eigenvalue weighted by molar-refractivity contribution is 5.86. The molecule has 16 heteroatoms. The second-order valence-electron chi connectivity index (χ2n) is 11.5. The van der Waals surface area contributed by atoms with E-state index in [1.165, 1.54) is 9.80 Å². The number of nitrogens with zero attached hydrogens (tertiary/aromatic N) is 2. The highest BCUT2D eigenvalue weighted by atomic mass is 16.8. The van der Waals surface area contributed by atoms with Gasteiger partial charge in [-0.15, -0.1) is 0 Å². The number of likely N-dealkylation sites (tertiary alicyclic amines) is 2. The van der Waals surface area contributed by atoms with Crippen LogP contribution >= 0.6 is 0 Å². The molecule has 0 N–H and O–H groups in total. The lowest BCUT2D eigenvalue weighted by Crippen LogP contribution is -2.42. The Labute approximate surface area is 267 Å². The molecule has 0 aromatic rings. The van der Waals surface area contributed by atoms with E-state index in [1.54, 1.807) is 0 Å². The predicted molar refractivity (Wildman–Crippen MR) is 153 cm³/mol. The Morgan fingerprint density at radius 3 is 1.33 bits per heavy atom. The van der Waals surface area contributed by atoms with Crippen molar-refractivity contribution in [1.29, 1.82) is 0 Å². The van der Waals surface area contributed by atoms with E-state index in [0.29, 0.717) is 104 Å². The molecule has 4 rings (SSSR count). The molecular weight excluding hydrogens is 612 g/mol. The summed E-state index contributed by atoms with van der Waals surface area (Å²) < 4.78 is 40.6. The van der Waals surface area contributed by atoms with Gasteiger partial charge in [-0.1, -0.05) is 0 Å². The van der Waals surface area contributed by atoms with E-state index in [9.17, 15) is 28.8 Å². The number of amides is 2. The van der Waals surface area contributed by atoms with Gasteiger partial charge in [0, 0.05) is 51.6 Å². The van der Waals surface area contributed by atoms with Crippen LogP contribution in [0.15, 0.2) is 0 Å². The van der Waals surface area contributed by atoms with E-state index < -0.39 is 49.9 Å². The molecule has 4 aliphatic rings. The van der Waals surface area contributed by atoms with Gasteiger partial charge in [0.15, 0.2) is 0 Å². The summed E-state index contributed by atoms with van der Waals surface area (Å²) in [6, 6.07) is -1.54. The summed E-state index contributed by atoms with van der Waals surface area (Å²) in [4.78, 5) is 77.4. The molecule has 4 heterocycles. The van der Waals surface area contributed by atoms with Crippen LogP contribution in [0.5, 0.6) is 0 Å². The Hall–Kier alpha value is -3.66. The molecule has 46 heavy (non-hydrogen) atoms. The number of unbranched alkanes of at least 4 members (excludes halogenated alkanes) is 1. The first-order valence-electron chi connectivity index (χ1n) is 16.1. The summed E-state index contributed by atoms with van der Waals surface area (Å²) in [7, 11) is 0. The van der Waals surface area contributed by atoms with Crippen LogP contribution in [-0.4, -0.2) is 123 Å². The quantitative estimate of drug-likeness (QED) is 0.122. The molecule has 0 radical (unpaired) electrons. The molecular formula is C30H44N2O14. The zero-order valence-electron chi connectivity index (χ0n) is 26.1. The fraction of sp³-hybridized carbons (Fsp3) is 0.800. The first kappa shape index (κ1) is 35.2. The molecule has 2 atom stereocenters. The summed E-state index contributed by atoms with van der Waals surface area (Å²) in [5, 5.41) is 0. The first-order chi connectivity index (χ1) is 22.3. The Morgan fingerprint density at radius 2 is 0.935 bits per heavy atom. The van der Waals surface area contributed by atoms with Gasteiger partial charge in [-0.2, -0.15) is 0 Å². The van der Waals surface area contributed by atoms with Crippen LogP contribution < -0.4 is 0 Å². The van der Waals surface area contributed by atoms with Gasteiger partial charge in [-0.25, -0.2) is 19.2 Å². The molecule has 4 aliphatic heterocycles. The van der Waals surface area contributed by atoms with Gasteiger partial charge >= 0.3 is 24.2 Å². The minimum Gasteiger partial charge on any atom is -0.431 e. The van der Waals surface area contributed by atoms with Crippen molar-refractivity contribution in [3.8, 4) is 0 Å². The number of hydrogen-bond acceptors (Lipinski definition) is 14. The predicted octanol–water partition coefficient (Wildman–Crippen LogP) is 2.19. The number of carbonyl (C=O) groups is 6. The highest BCUT2D eigenvalue weighted by Crippen LogP contribution is 2.23. The zero-order valence-corrected chi connectivity index (χ0v) is 26.1. The number of esters is 2. The van der Waals surface area contributed by atoms with Gasteiger partial charge in [0.1, 0.15) is 24.3 Å². The molecule has 4 saturated heterocycles. The fourth-order valence-electron chi connectivity index (χ4n) is 5.85. The molecule has 0 aromatic heterocycles. The van der Waals surface area contributed by atoms with Crippen LogP contribution in [0.2, 0.25) is 0 Å². The van der Waals surface area contributed by atoms with Crippen LogP contribution in [0.1, 0.15) is 77.0 Å². The van der Waals surface area contributed by atoms with Crippen molar-refractivity contribution in [1.82, 2.24) is 9.80 Å². The molecule has 0 saturated carbocycles. The summed E-state index contributed by atoms with van der Waals surface area (Å²) in [5.74, 6) is -1.78. The van der Waals surface area contributed by atoms with Crippen LogP contribution in [-0.2, 0) is 57.1 Å². The second kappa shape index (κ2) is 18.5. The Kier molecular flexibility index (Phi) is 14.1. The minimum absolute atomic E-state index is 0.137. The number of carbonyl (C=O) groups excluding carboxylic acids is 6. The molecule has 4 fully saturated rings. The first-order valence-corrected chi connectivity index (χ1v) is 16.1. The average Bonchev–Trinajstić information content (AvgIpc) is 3.75. The van der Waals surface area contributed by atoms with Crippen molar-refractivity contribution in [3.05, 3.63) is 0 Å². The average molecular weight is 657 g/mol. The van der Waals surface area contributed by atoms with E-state index in [-0.39, 0.29) is 36.9 Å². The third-order valence-electron chi connectivity index (χ3n) is 8.34. The summed E-state index contributed by atoms with van der Waals surface area (Å²) in [6.07, 6.45) is 3.07. The van der Waals surface area contributed by atoms with Crippen molar-refractivity contribution in [3.63, 3.8) is 0 Å². The third kappa shape index (κ3) is 11.0. The Morgan fingerprint density at radius 1 is 0.543 bits per heavy atom. The lowest BCUT2D eigenvalue weighted by Gasteiger charge is -2.24. The van der Waals surface area contributed by atoms with Crippen LogP contribution in [0.4, 0.5) is 9.59 Å². The van der Waals surface area contributed by atoms with Gasteiger partial charge in [-0.05, 0) is 38.5 Å². The molecule has 0 spiro atoms. The molecule has 2 amide bonds. The molecule has 0 aromatic carbocycles. The van der Waals surface area contributed by atoms with Gasteiger partial charge in [0.2, 0.25) is 25.4 Å². The van der Waals surface area contributed by atoms with E-state index in [1.807, 2.05) is 0 Å². The Balaban J connectivity index is 1.08. The highest BCUT2D eigenvalue weighted by Gasteiger charge is 2.37. The van der Waals surface area contributed by atoms with Crippen LogP contribution in [0.3, 0.4) is 0 Å². The number of ether oxygens (including phenoxy) is 8. The van der Waals surface area contributed by atoms with E-state index in [0.717, 1.165) is 0 Å². The van der Waals surface area contributed by atoms with E-state index in [4.69, 9.17) is 37.9 Å². The minimum atomic E-state index is -0.928.